The zero-order valence-corrected chi connectivity index (χ0v) is 11.5. The SMILES string of the molecule is CCc1ccc(N(C)c2nccc(C(=O)O)c2N)cc1. The molecule has 104 valence electrons. The summed E-state index contributed by atoms with van der Waals surface area (Å²) in [5.41, 5.74) is 8.27. The highest BCUT2D eigenvalue weighted by Gasteiger charge is 2.16. The summed E-state index contributed by atoms with van der Waals surface area (Å²) >= 11 is 0. The summed E-state index contributed by atoms with van der Waals surface area (Å²) in [5, 5.41) is 9.08. The summed E-state index contributed by atoms with van der Waals surface area (Å²) in [6.07, 6.45) is 2.42. The van der Waals surface area contributed by atoms with Crippen LogP contribution in [-0.2, 0) is 6.42 Å². The standard InChI is InChI=1S/C15H17N3O2/c1-3-10-4-6-11(7-5-10)18(2)14-13(16)12(15(19)20)8-9-17-14/h4-9H,3,16H2,1-2H3,(H,19,20). The Morgan fingerprint density at radius 2 is 1.95 bits per heavy atom. The number of rotatable bonds is 4. The van der Waals surface area contributed by atoms with Gasteiger partial charge in [-0.15, -0.1) is 0 Å². The number of nitrogen functional groups attached to an aromatic ring is 1. The quantitative estimate of drug-likeness (QED) is 0.893. The molecule has 0 radical (unpaired) electrons. The fraction of sp³-hybridized carbons (Fsp3) is 0.200. The molecule has 0 aliphatic rings. The van der Waals surface area contributed by atoms with E-state index in [0.29, 0.717) is 5.82 Å². The third kappa shape index (κ3) is 2.56. The van der Waals surface area contributed by atoms with Crippen molar-refractivity contribution in [2.75, 3.05) is 17.7 Å². The van der Waals surface area contributed by atoms with E-state index in [-0.39, 0.29) is 11.3 Å². The molecule has 0 aliphatic carbocycles. The number of anilines is 3. The van der Waals surface area contributed by atoms with E-state index in [1.807, 2.05) is 31.3 Å². The number of aryl methyl sites for hydroxylation is 1. The molecule has 0 aliphatic heterocycles. The maximum atomic E-state index is 11.1. The second-order valence-corrected chi connectivity index (χ2v) is 4.48. The summed E-state index contributed by atoms with van der Waals surface area (Å²) in [4.78, 5) is 17.0. The third-order valence-corrected chi connectivity index (χ3v) is 3.25. The van der Waals surface area contributed by atoms with Gasteiger partial charge in [0.15, 0.2) is 5.82 Å². The lowest BCUT2D eigenvalue weighted by Crippen LogP contribution is -2.15. The Bertz CT molecular complexity index is 624. The molecule has 0 atom stereocenters. The van der Waals surface area contributed by atoms with Crippen LogP contribution in [-0.4, -0.2) is 23.1 Å². The van der Waals surface area contributed by atoms with Crippen LogP contribution in [0.25, 0.3) is 0 Å². The van der Waals surface area contributed by atoms with Crippen LogP contribution in [0.4, 0.5) is 17.2 Å². The van der Waals surface area contributed by atoms with Gasteiger partial charge in [0.2, 0.25) is 0 Å². The summed E-state index contributed by atoms with van der Waals surface area (Å²) < 4.78 is 0. The molecule has 20 heavy (non-hydrogen) atoms. The lowest BCUT2D eigenvalue weighted by Gasteiger charge is -2.20. The first kappa shape index (κ1) is 13.9. The predicted octanol–water partition coefficient (Wildman–Crippen LogP) is 2.69. The van der Waals surface area contributed by atoms with Crippen molar-refractivity contribution in [3.8, 4) is 0 Å². The number of nitrogens with zero attached hydrogens (tertiary/aromatic N) is 2. The fourth-order valence-electron chi connectivity index (χ4n) is 1.99. The van der Waals surface area contributed by atoms with E-state index in [4.69, 9.17) is 10.8 Å². The van der Waals surface area contributed by atoms with Crippen molar-refractivity contribution in [3.63, 3.8) is 0 Å². The van der Waals surface area contributed by atoms with Gasteiger partial charge in [0.05, 0.1) is 11.3 Å². The van der Waals surface area contributed by atoms with E-state index < -0.39 is 5.97 Å². The molecular formula is C15H17N3O2. The first-order valence-electron chi connectivity index (χ1n) is 6.35. The molecule has 2 rings (SSSR count). The van der Waals surface area contributed by atoms with Crippen molar-refractivity contribution in [1.29, 1.82) is 0 Å². The van der Waals surface area contributed by atoms with Gasteiger partial charge in [-0.1, -0.05) is 19.1 Å². The normalized spacial score (nSPS) is 10.3. The van der Waals surface area contributed by atoms with Crippen molar-refractivity contribution < 1.29 is 9.90 Å². The molecule has 5 nitrogen and oxygen atoms in total. The van der Waals surface area contributed by atoms with Crippen molar-refractivity contribution in [1.82, 2.24) is 4.98 Å². The Balaban J connectivity index is 2.39. The number of nitrogens with two attached hydrogens (primary N) is 1. The highest BCUT2D eigenvalue weighted by atomic mass is 16.4. The number of carbonyl (C=O) groups is 1. The minimum absolute atomic E-state index is 0.0621. The molecule has 5 heteroatoms. The number of hydrogen-bond donors (Lipinski definition) is 2. The predicted molar refractivity (Wildman–Crippen MR) is 79.5 cm³/mol. The van der Waals surface area contributed by atoms with Crippen molar-refractivity contribution in [2.24, 2.45) is 0 Å². The first-order chi connectivity index (χ1) is 9.54. The van der Waals surface area contributed by atoms with Crippen LogP contribution < -0.4 is 10.6 Å². The van der Waals surface area contributed by atoms with Gasteiger partial charge < -0.3 is 15.7 Å². The summed E-state index contributed by atoms with van der Waals surface area (Å²) in [6, 6.07) is 9.39. The molecule has 1 aromatic carbocycles. The Morgan fingerprint density at radius 3 is 2.50 bits per heavy atom. The minimum atomic E-state index is -1.05. The van der Waals surface area contributed by atoms with E-state index in [9.17, 15) is 4.79 Å². The van der Waals surface area contributed by atoms with Crippen molar-refractivity contribution in [2.45, 2.75) is 13.3 Å². The molecule has 0 fully saturated rings. The highest BCUT2D eigenvalue weighted by molar-refractivity contribution is 5.96. The molecule has 1 aromatic heterocycles. The van der Waals surface area contributed by atoms with Crippen molar-refractivity contribution in [3.05, 3.63) is 47.7 Å². The lowest BCUT2D eigenvalue weighted by molar-refractivity contribution is 0.0698. The molecule has 3 N–H and O–H groups in total. The van der Waals surface area contributed by atoms with Gasteiger partial charge in [0, 0.05) is 18.9 Å². The second-order valence-electron chi connectivity index (χ2n) is 4.48. The number of hydrogen-bond acceptors (Lipinski definition) is 4. The highest BCUT2D eigenvalue weighted by Crippen LogP contribution is 2.29. The number of pyridine rings is 1. The smallest absolute Gasteiger partial charge is 0.337 e. The van der Waals surface area contributed by atoms with Gasteiger partial charge in [-0.3, -0.25) is 0 Å². The third-order valence-electron chi connectivity index (χ3n) is 3.25. The first-order valence-corrected chi connectivity index (χ1v) is 6.35. The van der Waals surface area contributed by atoms with Crippen LogP contribution in [0.1, 0.15) is 22.8 Å². The lowest BCUT2D eigenvalue weighted by atomic mass is 10.1. The van der Waals surface area contributed by atoms with E-state index in [0.717, 1.165) is 12.1 Å². The second kappa shape index (κ2) is 5.61. The summed E-state index contributed by atoms with van der Waals surface area (Å²) in [5.74, 6) is -0.616. The average Bonchev–Trinajstić information content (AvgIpc) is 2.46. The van der Waals surface area contributed by atoms with Crippen LogP contribution in [0, 0.1) is 0 Å². The van der Waals surface area contributed by atoms with Gasteiger partial charge in [0.1, 0.15) is 0 Å². The molecule has 1 heterocycles. The number of carboxylic acids is 1. The Labute approximate surface area is 117 Å². The fourth-order valence-corrected chi connectivity index (χ4v) is 1.99. The topological polar surface area (TPSA) is 79.5 Å². The maximum absolute atomic E-state index is 11.1. The number of benzene rings is 1. The van der Waals surface area contributed by atoms with Crippen LogP contribution in [0.15, 0.2) is 36.5 Å². The van der Waals surface area contributed by atoms with E-state index in [2.05, 4.69) is 11.9 Å². The van der Waals surface area contributed by atoms with Gasteiger partial charge in [-0.25, -0.2) is 9.78 Å². The summed E-state index contributed by atoms with van der Waals surface area (Å²) in [6.45, 7) is 2.09. The number of carboxylic acid groups (broad SMARTS) is 1. The molecule has 0 spiro atoms. The van der Waals surface area contributed by atoms with Crippen LogP contribution in [0.3, 0.4) is 0 Å². The Morgan fingerprint density at radius 1 is 1.30 bits per heavy atom. The van der Waals surface area contributed by atoms with Crippen LogP contribution >= 0.6 is 0 Å². The van der Waals surface area contributed by atoms with E-state index in [1.165, 1.54) is 17.8 Å². The monoisotopic (exact) mass is 271 g/mol. The number of aromatic carboxylic acids is 1. The van der Waals surface area contributed by atoms with Gasteiger partial charge >= 0.3 is 5.97 Å². The summed E-state index contributed by atoms with van der Waals surface area (Å²) in [7, 11) is 1.81. The van der Waals surface area contributed by atoms with Crippen LogP contribution in [0.2, 0.25) is 0 Å². The van der Waals surface area contributed by atoms with E-state index >= 15 is 0 Å². The molecule has 0 saturated carbocycles. The van der Waals surface area contributed by atoms with Gasteiger partial charge in [-0.2, -0.15) is 0 Å². The zero-order chi connectivity index (χ0) is 14.7. The van der Waals surface area contributed by atoms with Crippen molar-refractivity contribution >= 4 is 23.2 Å². The molecule has 0 amide bonds. The largest absolute Gasteiger partial charge is 0.478 e. The van der Waals surface area contributed by atoms with Crippen LogP contribution in [0.5, 0.6) is 0 Å². The molecule has 0 unspecified atom stereocenters. The zero-order valence-electron chi connectivity index (χ0n) is 11.5. The van der Waals surface area contributed by atoms with Gasteiger partial charge in [-0.05, 0) is 30.2 Å². The Hall–Kier alpha value is -2.56. The minimum Gasteiger partial charge on any atom is -0.478 e. The molecule has 0 bridgehead atoms. The average molecular weight is 271 g/mol. The molecule has 0 saturated heterocycles. The van der Waals surface area contributed by atoms with E-state index in [1.54, 1.807) is 4.90 Å². The number of aromatic nitrogens is 1. The molecular weight excluding hydrogens is 254 g/mol. The molecule has 2 aromatic rings. The maximum Gasteiger partial charge on any atom is 0.337 e. The Kier molecular flexibility index (Phi) is 3.89. The van der Waals surface area contributed by atoms with Gasteiger partial charge in [0.25, 0.3) is 0 Å².